The van der Waals surface area contributed by atoms with Crippen molar-refractivity contribution >= 4 is 0 Å². The molecule has 0 aliphatic rings. The van der Waals surface area contributed by atoms with Gasteiger partial charge in [-0.15, -0.1) is 0 Å². The number of aliphatic hydroxyl groups is 1. The molecule has 6 nitrogen and oxygen atoms in total. The van der Waals surface area contributed by atoms with Gasteiger partial charge in [0.25, 0.3) is 0 Å². The molecule has 2 aromatic heterocycles. The highest BCUT2D eigenvalue weighted by Gasteiger charge is 2.16. The van der Waals surface area contributed by atoms with Gasteiger partial charge in [0, 0.05) is 18.5 Å². The Morgan fingerprint density at radius 1 is 1.37 bits per heavy atom. The summed E-state index contributed by atoms with van der Waals surface area (Å²) >= 11 is 0. The smallest absolute Gasteiger partial charge is 0.213 e. The summed E-state index contributed by atoms with van der Waals surface area (Å²) < 4.78 is 6.84. The molecule has 0 aromatic carbocycles. The van der Waals surface area contributed by atoms with Gasteiger partial charge in [-0.1, -0.05) is 6.07 Å². The summed E-state index contributed by atoms with van der Waals surface area (Å²) in [5.41, 5.74) is 0.567. The van der Waals surface area contributed by atoms with Crippen molar-refractivity contribution in [2.24, 2.45) is 0 Å². The molecule has 1 N–H and O–H groups in total. The molecule has 1 unspecified atom stereocenters. The molecule has 19 heavy (non-hydrogen) atoms. The quantitative estimate of drug-likeness (QED) is 0.884. The summed E-state index contributed by atoms with van der Waals surface area (Å²) in [5.74, 6) is 1.23. The van der Waals surface area contributed by atoms with Crippen LogP contribution in [0.3, 0.4) is 0 Å². The van der Waals surface area contributed by atoms with E-state index in [0.717, 1.165) is 5.82 Å². The molecule has 0 amide bonds. The van der Waals surface area contributed by atoms with E-state index in [1.54, 1.807) is 30.0 Å². The van der Waals surface area contributed by atoms with E-state index in [1.807, 2.05) is 13.8 Å². The number of methoxy groups -OCH3 is 1. The van der Waals surface area contributed by atoms with Crippen LogP contribution in [0.2, 0.25) is 0 Å². The lowest BCUT2D eigenvalue weighted by atomic mass is 10.1. The van der Waals surface area contributed by atoms with Crippen LogP contribution >= 0.6 is 0 Å². The Hall–Kier alpha value is -1.95. The predicted molar refractivity (Wildman–Crippen MR) is 69.9 cm³/mol. The number of hydrogen-bond donors (Lipinski definition) is 1. The van der Waals surface area contributed by atoms with Crippen LogP contribution in [0.5, 0.6) is 5.88 Å². The summed E-state index contributed by atoms with van der Waals surface area (Å²) in [5, 5.41) is 14.4. The summed E-state index contributed by atoms with van der Waals surface area (Å²) in [4.78, 5) is 8.39. The average Bonchev–Trinajstić information content (AvgIpc) is 2.87. The number of hydrogen-bond acceptors (Lipinski definition) is 5. The van der Waals surface area contributed by atoms with Gasteiger partial charge in [-0.3, -0.25) is 0 Å². The minimum Gasteiger partial charge on any atom is -0.481 e. The second-order valence-electron chi connectivity index (χ2n) is 4.54. The molecule has 0 fully saturated rings. The van der Waals surface area contributed by atoms with Gasteiger partial charge in [0.1, 0.15) is 18.3 Å². The normalized spacial score (nSPS) is 12.7. The predicted octanol–water partition coefficient (Wildman–Crippen LogP) is 1.54. The molecule has 0 aliphatic carbocycles. The molecule has 2 heterocycles. The van der Waals surface area contributed by atoms with Crippen LogP contribution in [0.4, 0.5) is 0 Å². The van der Waals surface area contributed by atoms with Gasteiger partial charge in [0.15, 0.2) is 0 Å². The molecule has 6 heteroatoms. The fourth-order valence-electron chi connectivity index (χ4n) is 1.86. The molecule has 0 spiro atoms. The number of pyridine rings is 1. The molecular weight excluding hydrogens is 244 g/mol. The Balaban J connectivity index is 2.16. The van der Waals surface area contributed by atoms with Gasteiger partial charge in [0.2, 0.25) is 5.88 Å². The molecule has 2 rings (SSSR count). The first kappa shape index (κ1) is 13.5. The second kappa shape index (κ2) is 5.79. The van der Waals surface area contributed by atoms with Crippen LogP contribution in [-0.4, -0.2) is 32.0 Å². The molecule has 102 valence electrons. The standard InChI is InChI=1S/C13H18N4O2/c1-9(2)17-12(14-8-15-17)7-11(18)10-5-4-6-13(16-10)19-3/h4-6,8-9,11,18H,7H2,1-3H3. The lowest BCUT2D eigenvalue weighted by molar-refractivity contribution is 0.167. The fraction of sp³-hybridized carbons (Fsp3) is 0.462. The number of aliphatic hydroxyl groups excluding tert-OH is 1. The minimum absolute atomic E-state index is 0.211. The molecule has 0 aliphatic heterocycles. The molecular formula is C13H18N4O2. The van der Waals surface area contributed by atoms with E-state index >= 15 is 0 Å². The average molecular weight is 262 g/mol. The van der Waals surface area contributed by atoms with Crippen LogP contribution in [0.1, 0.15) is 37.5 Å². The molecule has 2 aromatic rings. The van der Waals surface area contributed by atoms with Crippen molar-refractivity contribution in [3.8, 4) is 5.88 Å². The first-order valence-electron chi connectivity index (χ1n) is 6.19. The Labute approximate surface area is 112 Å². The maximum absolute atomic E-state index is 10.2. The van der Waals surface area contributed by atoms with E-state index in [9.17, 15) is 5.11 Å². The first-order valence-corrected chi connectivity index (χ1v) is 6.19. The summed E-state index contributed by atoms with van der Waals surface area (Å²) in [6, 6.07) is 5.52. The highest BCUT2D eigenvalue weighted by molar-refractivity contribution is 5.18. The molecule has 1 atom stereocenters. The van der Waals surface area contributed by atoms with Gasteiger partial charge >= 0.3 is 0 Å². The number of aromatic nitrogens is 4. The zero-order valence-electron chi connectivity index (χ0n) is 11.3. The number of rotatable bonds is 5. The fourth-order valence-corrected chi connectivity index (χ4v) is 1.86. The van der Waals surface area contributed by atoms with Crippen molar-refractivity contribution in [2.45, 2.75) is 32.4 Å². The molecule has 0 saturated carbocycles. The summed E-state index contributed by atoms with van der Waals surface area (Å²) in [7, 11) is 1.55. The van der Waals surface area contributed by atoms with Crippen molar-refractivity contribution in [1.82, 2.24) is 19.7 Å². The maximum atomic E-state index is 10.2. The van der Waals surface area contributed by atoms with Crippen LogP contribution in [-0.2, 0) is 6.42 Å². The van der Waals surface area contributed by atoms with Gasteiger partial charge in [-0.2, -0.15) is 5.10 Å². The lowest BCUT2D eigenvalue weighted by Crippen LogP contribution is -2.13. The van der Waals surface area contributed by atoms with Crippen molar-refractivity contribution < 1.29 is 9.84 Å². The maximum Gasteiger partial charge on any atom is 0.213 e. The monoisotopic (exact) mass is 262 g/mol. The second-order valence-corrected chi connectivity index (χ2v) is 4.54. The molecule has 0 saturated heterocycles. The number of nitrogens with zero attached hydrogens (tertiary/aromatic N) is 4. The van der Waals surface area contributed by atoms with Crippen LogP contribution < -0.4 is 4.74 Å². The minimum atomic E-state index is -0.725. The van der Waals surface area contributed by atoms with Crippen LogP contribution in [0, 0.1) is 0 Å². The van der Waals surface area contributed by atoms with Gasteiger partial charge in [-0.05, 0) is 19.9 Å². The van der Waals surface area contributed by atoms with E-state index in [0.29, 0.717) is 18.0 Å². The first-order chi connectivity index (χ1) is 9.11. The van der Waals surface area contributed by atoms with E-state index in [4.69, 9.17) is 4.74 Å². The highest BCUT2D eigenvalue weighted by Crippen LogP contribution is 2.19. The largest absolute Gasteiger partial charge is 0.481 e. The summed E-state index contributed by atoms with van der Waals surface area (Å²) in [6.45, 7) is 4.04. The Kier molecular flexibility index (Phi) is 4.11. The molecule has 0 radical (unpaired) electrons. The van der Waals surface area contributed by atoms with E-state index in [2.05, 4.69) is 15.1 Å². The van der Waals surface area contributed by atoms with Crippen molar-refractivity contribution in [3.63, 3.8) is 0 Å². The van der Waals surface area contributed by atoms with Crippen LogP contribution in [0.25, 0.3) is 0 Å². The van der Waals surface area contributed by atoms with Crippen molar-refractivity contribution in [1.29, 1.82) is 0 Å². The number of ether oxygens (including phenoxy) is 1. The zero-order valence-corrected chi connectivity index (χ0v) is 11.3. The van der Waals surface area contributed by atoms with E-state index in [-0.39, 0.29) is 6.04 Å². The Morgan fingerprint density at radius 2 is 2.16 bits per heavy atom. The lowest BCUT2D eigenvalue weighted by Gasteiger charge is -2.13. The highest BCUT2D eigenvalue weighted by atomic mass is 16.5. The van der Waals surface area contributed by atoms with Gasteiger partial charge in [-0.25, -0.2) is 14.6 Å². The molecule has 0 bridgehead atoms. The summed E-state index contributed by atoms with van der Waals surface area (Å²) in [6.07, 6.45) is 1.15. The van der Waals surface area contributed by atoms with Crippen molar-refractivity contribution in [3.05, 3.63) is 36.0 Å². The van der Waals surface area contributed by atoms with E-state index in [1.165, 1.54) is 6.33 Å². The van der Waals surface area contributed by atoms with E-state index < -0.39 is 6.10 Å². The zero-order chi connectivity index (χ0) is 13.8. The SMILES string of the molecule is COc1cccc(C(O)Cc2ncnn2C(C)C)n1. The Morgan fingerprint density at radius 3 is 2.84 bits per heavy atom. The third kappa shape index (κ3) is 3.08. The third-order valence-corrected chi connectivity index (χ3v) is 2.81. The topological polar surface area (TPSA) is 73.1 Å². The Bertz CT molecular complexity index is 539. The third-order valence-electron chi connectivity index (χ3n) is 2.81. The van der Waals surface area contributed by atoms with Crippen molar-refractivity contribution in [2.75, 3.05) is 7.11 Å². The van der Waals surface area contributed by atoms with Gasteiger partial charge in [0.05, 0.1) is 12.8 Å². The van der Waals surface area contributed by atoms with Gasteiger partial charge < -0.3 is 9.84 Å². The van der Waals surface area contributed by atoms with Crippen LogP contribution in [0.15, 0.2) is 24.5 Å².